The second kappa shape index (κ2) is 9.39. The van der Waals surface area contributed by atoms with Crippen LogP contribution >= 0.6 is 0 Å². The maximum Gasteiger partial charge on any atom is 0.269 e. The van der Waals surface area contributed by atoms with Gasteiger partial charge in [0.1, 0.15) is 0 Å². The van der Waals surface area contributed by atoms with E-state index in [4.69, 9.17) is 4.74 Å². The van der Waals surface area contributed by atoms with Gasteiger partial charge in [-0.05, 0) is 36.2 Å². The number of carbonyl (C=O) groups excluding carboxylic acids is 1. The lowest BCUT2D eigenvalue weighted by Crippen LogP contribution is -2.13. The van der Waals surface area contributed by atoms with E-state index in [0.717, 1.165) is 16.9 Å². The number of nitro groups is 1. The van der Waals surface area contributed by atoms with Gasteiger partial charge in [0.25, 0.3) is 5.69 Å². The van der Waals surface area contributed by atoms with E-state index in [1.165, 1.54) is 12.1 Å². The van der Waals surface area contributed by atoms with Gasteiger partial charge in [0.15, 0.2) is 0 Å². The largest absolute Gasteiger partial charge is 0.385 e. The highest BCUT2D eigenvalue weighted by Gasteiger charge is 2.05. The van der Waals surface area contributed by atoms with Crippen LogP contribution in [0.3, 0.4) is 0 Å². The van der Waals surface area contributed by atoms with Gasteiger partial charge in [0.2, 0.25) is 5.91 Å². The Morgan fingerprint density at radius 2 is 1.92 bits per heavy atom. The summed E-state index contributed by atoms with van der Waals surface area (Å²) in [6, 6.07) is 13.7. The van der Waals surface area contributed by atoms with Crippen molar-refractivity contribution in [3.05, 3.63) is 64.2 Å². The third-order valence-electron chi connectivity index (χ3n) is 3.51. The third-order valence-corrected chi connectivity index (χ3v) is 3.51. The summed E-state index contributed by atoms with van der Waals surface area (Å²) in [6.07, 6.45) is 1.04. The predicted molar refractivity (Wildman–Crippen MR) is 96.6 cm³/mol. The Kier molecular flexibility index (Phi) is 6.91. The average molecular weight is 343 g/mol. The van der Waals surface area contributed by atoms with Crippen molar-refractivity contribution in [3.63, 3.8) is 0 Å². The zero-order chi connectivity index (χ0) is 18.1. The minimum Gasteiger partial charge on any atom is -0.385 e. The van der Waals surface area contributed by atoms with Crippen LogP contribution in [0, 0.1) is 10.1 Å². The molecule has 0 radical (unpaired) electrons. The fourth-order valence-electron chi connectivity index (χ4n) is 2.31. The highest BCUT2D eigenvalue weighted by molar-refractivity contribution is 5.90. The van der Waals surface area contributed by atoms with E-state index in [0.29, 0.717) is 26.0 Å². The first-order valence-corrected chi connectivity index (χ1v) is 7.94. The van der Waals surface area contributed by atoms with Gasteiger partial charge in [-0.3, -0.25) is 14.9 Å². The number of hydrogen-bond acceptors (Lipinski definition) is 5. The average Bonchev–Trinajstić information content (AvgIpc) is 2.60. The minimum absolute atomic E-state index is 0.0555. The number of nitrogens with zero attached hydrogens (tertiary/aromatic N) is 1. The van der Waals surface area contributed by atoms with Gasteiger partial charge in [-0.15, -0.1) is 0 Å². The number of nitro benzene ring substituents is 1. The normalized spacial score (nSPS) is 10.3. The van der Waals surface area contributed by atoms with E-state index in [1.54, 1.807) is 19.2 Å². The molecule has 0 aromatic heterocycles. The minimum atomic E-state index is -0.435. The predicted octanol–water partition coefficient (Wildman–Crippen LogP) is 3.57. The lowest BCUT2D eigenvalue weighted by atomic mass is 10.2. The highest BCUT2D eigenvalue weighted by atomic mass is 16.6. The van der Waals surface area contributed by atoms with Gasteiger partial charge < -0.3 is 15.4 Å². The topological polar surface area (TPSA) is 93.5 Å². The number of benzene rings is 2. The monoisotopic (exact) mass is 343 g/mol. The molecule has 0 unspecified atom stereocenters. The van der Waals surface area contributed by atoms with Crippen molar-refractivity contribution in [1.29, 1.82) is 0 Å². The van der Waals surface area contributed by atoms with Crippen molar-refractivity contribution in [1.82, 2.24) is 0 Å². The molecule has 2 N–H and O–H groups in total. The smallest absolute Gasteiger partial charge is 0.269 e. The second-order valence-electron chi connectivity index (χ2n) is 5.52. The molecule has 25 heavy (non-hydrogen) atoms. The molecule has 0 atom stereocenters. The van der Waals surface area contributed by atoms with E-state index in [2.05, 4.69) is 10.6 Å². The fourth-order valence-corrected chi connectivity index (χ4v) is 2.31. The Balaban J connectivity index is 1.71. The number of anilines is 2. The van der Waals surface area contributed by atoms with Crippen molar-refractivity contribution >= 4 is 23.0 Å². The molecule has 7 nitrogen and oxygen atoms in total. The van der Waals surface area contributed by atoms with Crippen molar-refractivity contribution in [2.45, 2.75) is 19.4 Å². The summed E-state index contributed by atoms with van der Waals surface area (Å²) in [5, 5.41) is 16.6. The second-order valence-corrected chi connectivity index (χ2v) is 5.52. The number of non-ortho nitro benzene ring substituents is 1. The Morgan fingerprint density at radius 1 is 1.16 bits per heavy atom. The molecule has 0 spiro atoms. The summed E-state index contributed by atoms with van der Waals surface area (Å²) in [7, 11) is 1.63. The maximum atomic E-state index is 12.0. The van der Waals surface area contributed by atoms with Gasteiger partial charge in [-0.1, -0.05) is 12.1 Å². The molecule has 0 bridgehead atoms. The third kappa shape index (κ3) is 6.23. The summed E-state index contributed by atoms with van der Waals surface area (Å²) in [5.74, 6) is -0.0555. The number of rotatable bonds is 9. The SMILES string of the molecule is COCc1cccc(NC(=O)CCCNc2ccc([N+](=O)[O-])cc2)c1. The van der Waals surface area contributed by atoms with Crippen LogP contribution in [0.5, 0.6) is 0 Å². The molecule has 0 saturated carbocycles. The van der Waals surface area contributed by atoms with Crippen LogP contribution in [0.15, 0.2) is 48.5 Å². The van der Waals surface area contributed by atoms with Crippen LogP contribution in [0.1, 0.15) is 18.4 Å². The summed E-state index contributed by atoms with van der Waals surface area (Å²) >= 11 is 0. The first-order chi connectivity index (χ1) is 12.1. The fraction of sp³-hybridized carbons (Fsp3) is 0.278. The zero-order valence-corrected chi connectivity index (χ0v) is 14.0. The standard InChI is InChI=1S/C18H21N3O4/c1-25-13-14-4-2-5-16(12-14)20-18(22)6-3-11-19-15-7-9-17(10-8-15)21(23)24/h2,4-5,7-10,12,19H,3,6,11,13H2,1H3,(H,20,22). The number of methoxy groups -OCH3 is 1. The van der Waals surface area contributed by atoms with Gasteiger partial charge in [-0.2, -0.15) is 0 Å². The molecule has 0 fully saturated rings. The van der Waals surface area contributed by atoms with Crippen LogP contribution in [0.2, 0.25) is 0 Å². The van der Waals surface area contributed by atoms with Gasteiger partial charge in [0, 0.05) is 43.6 Å². The molecule has 0 aliphatic carbocycles. The molecule has 0 heterocycles. The highest BCUT2D eigenvalue weighted by Crippen LogP contribution is 2.15. The molecular weight excluding hydrogens is 322 g/mol. The Labute approximate surface area is 146 Å². The number of ether oxygens (including phenoxy) is 1. The van der Waals surface area contributed by atoms with E-state index in [1.807, 2.05) is 24.3 Å². The van der Waals surface area contributed by atoms with E-state index in [-0.39, 0.29) is 11.6 Å². The lowest BCUT2D eigenvalue weighted by molar-refractivity contribution is -0.384. The van der Waals surface area contributed by atoms with Crippen LogP contribution in [-0.4, -0.2) is 24.5 Å². The Morgan fingerprint density at radius 3 is 2.60 bits per heavy atom. The summed E-state index contributed by atoms with van der Waals surface area (Å²) in [5.41, 5.74) is 2.60. The van der Waals surface area contributed by atoms with Gasteiger partial charge in [-0.25, -0.2) is 0 Å². The van der Waals surface area contributed by atoms with Gasteiger partial charge >= 0.3 is 0 Å². The summed E-state index contributed by atoms with van der Waals surface area (Å²) in [4.78, 5) is 22.1. The summed E-state index contributed by atoms with van der Waals surface area (Å²) in [6.45, 7) is 1.11. The maximum absolute atomic E-state index is 12.0. The number of amides is 1. The van der Waals surface area contributed by atoms with E-state index in [9.17, 15) is 14.9 Å². The van der Waals surface area contributed by atoms with Crippen LogP contribution in [0.25, 0.3) is 0 Å². The molecule has 7 heteroatoms. The molecule has 1 amide bonds. The number of carbonyl (C=O) groups is 1. The number of hydrogen-bond donors (Lipinski definition) is 2. The van der Waals surface area contributed by atoms with Crippen LogP contribution in [-0.2, 0) is 16.1 Å². The molecule has 0 saturated heterocycles. The molecule has 2 aromatic rings. The molecule has 132 valence electrons. The number of nitrogens with one attached hydrogen (secondary N) is 2. The molecule has 0 aliphatic rings. The molecular formula is C18H21N3O4. The van der Waals surface area contributed by atoms with E-state index < -0.39 is 4.92 Å². The van der Waals surface area contributed by atoms with Gasteiger partial charge in [0.05, 0.1) is 11.5 Å². The Hall–Kier alpha value is -2.93. The lowest BCUT2D eigenvalue weighted by Gasteiger charge is -2.08. The Bertz CT molecular complexity index is 717. The first kappa shape index (κ1) is 18.4. The van der Waals surface area contributed by atoms with Crippen molar-refractivity contribution in [3.8, 4) is 0 Å². The van der Waals surface area contributed by atoms with Crippen molar-refractivity contribution < 1.29 is 14.5 Å². The van der Waals surface area contributed by atoms with E-state index >= 15 is 0 Å². The molecule has 2 aromatic carbocycles. The first-order valence-electron chi connectivity index (χ1n) is 7.94. The molecule has 2 rings (SSSR count). The van der Waals surface area contributed by atoms with Crippen molar-refractivity contribution in [2.75, 3.05) is 24.3 Å². The summed E-state index contributed by atoms with van der Waals surface area (Å²) < 4.78 is 5.07. The van der Waals surface area contributed by atoms with Crippen LogP contribution in [0.4, 0.5) is 17.1 Å². The van der Waals surface area contributed by atoms with Crippen molar-refractivity contribution in [2.24, 2.45) is 0 Å². The zero-order valence-electron chi connectivity index (χ0n) is 14.0. The van der Waals surface area contributed by atoms with Crippen LogP contribution < -0.4 is 10.6 Å². The quantitative estimate of drug-likeness (QED) is 0.412. The molecule has 0 aliphatic heterocycles.